The number of alkyl halides is 1. The number of primary amides is 1. The fourth-order valence-electron chi connectivity index (χ4n) is 5.00. The number of nitrogens with zero attached hydrogens (tertiary/aromatic N) is 5. The summed E-state index contributed by atoms with van der Waals surface area (Å²) in [5, 5.41) is 8.79. The minimum Gasteiger partial charge on any atom is -0.387 e. The van der Waals surface area contributed by atoms with E-state index in [2.05, 4.69) is 20.6 Å². The Labute approximate surface area is 234 Å². The highest BCUT2D eigenvalue weighted by Crippen LogP contribution is 2.41. The molecule has 1 saturated heterocycles. The quantitative estimate of drug-likeness (QED) is 0.334. The third-order valence-corrected chi connectivity index (χ3v) is 8.31. The van der Waals surface area contributed by atoms with Gasteiger partial charge in [-0.3, -0.25) is 4.79 Å². The third kappa shape index (κ3) is 5.64. The summed E-state index contributed by atoms with van der Waals surface area (Å²) in [4.78, 5) is 25.6. The number of imidazole rings is 1. The molecule has 3 aromatic rings. The molecule has 13 heteroatoms. The standard InChI is InChI=1S/C25H29Cl3FN7O2/c1-25(22(30)37)5-2-13(3-6-25)11-36-21-19(10-31-23(35-21)32-18-4-7-38-12-17(18)29)33-24(36)34-20-15(27)8-14(26)9-16(20)28/h8-10,13,17-18H,2-7,11-12H2,1H3,(H4,30,31,32,33,34,35,37)/p-1/t13?,17-,18?,25?/m1/s1. The molecule has 5 rings (SSSR count). The van der Waals surface area contributed by atoms with E-state index in [1.54, 1.807) is 18.3 Å². The maximum absolute atomic E-state index is 14.3. The molecule has 2 fully saturated rings. The highest BCUT2D eigenvalue weighted by atomic mass is 35.5. The summed E-state index contributed by atoms with van der Waals surface area (Å²) in [7, 11) is 0. The molecule has 3 heterocycles. The maximum atomic E-state index is 14.3. The van der Waals surface area contributed by atoms with Crippen molar-refractivity contribution < 1.29 is 13.9 Å². The first kappa shape index (κ1) is 27.2. The van der Waals surface area contributed by atoms with Gasteiger partial charge in [0.25, 0.3) is 0 Å². The van der Waals surface area contributed by atoms with E-state index >= 15 is 0 Å². The van der Waals surface area contributed by atoms with Crippen LogP contribution in [0.3, 0.4) is 0 Å². The van der Waals surface area contributed by atoms with Gasteiger partial charge in [-0.1, -0.05) is 41.7 Å². The molecular formula is C25H28Cl3FN7O2-. The van der Waals surface area contributed by atoms with E-state index in [9.17, 15) is 9.18 Å². The molecule has 1 aliphatic heterocycles. The van der Waals surface area contributed by atoms with Crippen molar-refractivity contribution in [1.29, 1.82) is 0 Å². The molecule has 0 bridgehead atoms. The van der Waals surface area contributed by atoms with Crippen molar-refractivity contribution in [3.8, 4) is 0 Å². The van der Waals surface area contributed by atoms with Crippen molar-refractivity contribution in [2.75, 3.05) is 18.5 Å². The van der Waals surface area contributed by atoms with E-state index in [-0.39, 0.29) is 24.4 Å². The van der Waals surface area contributed by atoms with Crippen LogP contribution >= 0.6 is 34.8 Å². The lowest BCUT2D eigenvalue weighted by Crippen LogP contribution is -2.38. The number of carbonyl (C=O) groups excluding carboxylic acids is 1. The van der Waals surface area contributed by atoms with Crippen molar-refractivity contribution in [2.45, 2.75) is 57.8 Å². The third-order valence-electron chi connectivity index (χ3n) is 7.50. The molecule has 1 unspecified atom stereocenters. The topological polar surface area (TPSA) is 122 Å². The number of anilines is 2. The van der Waals surface area contributed by atoms with Crippen molar-refractivity contribution >= 4 is 69.5 Å². The molecule has 2 aromatic heterocycles. The SMILES string of the molecule is CC1(C(N)=O)CCC(Cn2c(Nc3c(Cl)cc(Cl)cc3Cl)nc3cnc([N-]C4CCOC[C@H]4F)nc32)CC1. The predicted molar refractivity (Wildman–Crippen MR) is 146 cm³/mol. The summed E-state index contributed by atoms with van der Waals surface area (Å²) in [6.45, 7) is 2.94. The second kappa shape index (κ2) is 11.0. The van der Waals surface area contributed by atoms with Crippen LogP contribution in [0.15, 0.2) is 18.3 Å². The zero-order chi connectivity index (χ0) is 27.0. The lowest BCUT2D eigenvalue weighted by atomic mass is 9.71. The van der Waals surface area contributed by atoms with Gasteiger partial charge in [0.15, 0.2) is 0 Å². The van der Waals surface area contributed by atoms with Crippen LogP contribution in [-0.4, -0.2) is 50.9 Å². The number of halogens is 4. The molecular weight excluding hydrogens is 556 g/mol. The van der Waals surface area contributed by atoms with Crippen LogP contribution in [0.25, 0.3) is 16.5 Å². The lowest BCUT2D eigenvalue weighted by molar-refractivity contribution is -0.129. The average Bonchev–Trinajstić information content (AvgIpc) is 3.20. The molecule has 0 spiro atoms. The second-order valence-corrected chi connectivity index (χ2v) is 11.5. The van der Waals surface area contributed by atoms with Crippen LogP contribution < -0.4 is 11.1 Å². The van der Waals surface area contributed by atoms with Gasteiger partial charge in [-0.2, -0.15) is 0 Å². The first-order valence-corrected chi connectivity index (χ1v) is 13.6. The van der Waals surface area contributed by atoms with Gasteiger partial charge in [-0.15, -0.1) is 0 Å². The Kier molecular flexibility index (Phi) is 7.86. The van der Waals surface area contributed by atoms with Crippen LogP contribution in [0.1, 0.15) is 39.0 Å². The number of hydrogen-bond donors (Lipinski definition) is 2. The highest BCUT2D eigenvalue weighted by molar-refractivity contribution is 6.41. The van der Waals surface area contributed by atoms with E-state index in [0.717, 1.165) is 12.8 Å². The number of nitrogens with one attached hydrogen (secondary N) is 1. The number of benzene rings is 1. The number of amides is 1. The van der Waals surface area contributed by atoms with Gasteiger partial charge in [0.1, 0.15) is 6.17 Å². The largest absolute Gasteiger partial charge is 0.387 e. The minimum absolute atomic E-state index is 0.0108. The fraction of sp³-hybridized carbons (Fsp3) is 0.520. The van der Waals surface area contributed by atoms with Gasteiger partial charge in [0, 0.05) is 35.6 Å². The molecule has 38 heavy (non-hydrogen) atoms. The number of fused-ring (bicyclic) bond motifs is 1. The zero-order valence-corrected chi connectivity index (χ0v) is 23.0. The second-order valence-electron chi connectivity index (χ2n) is 10.2. The Morgan fingerprint density at radius 2 is 1.95 bits per heavy atom. The van der Waals surface area contributed by atoms with Gasteiger partial charge in [-0.25, -0.2) is 9.37 Å². The Hall–Kier alpha value is -2.40. The molecule has 2 aliphatic rings. The van der Waals surface area contributed by atoms with Crippen molar-refractivity contribution in [3.05, 3.63) is 38.7 Å². The number of nitrogens with two attached hydrogens (primary N) is 1. The number of rotatable bonds is 7. The molecule has 1 amide bonds. The van der Waals surface area contributed by atoms with Gasteiger partial charge in [0.2, 0.25) is 11.9 Å². The van der Waals surface area contributed by atoms with Gasteiger partial charge >= 0.3 is 0 Å². The monoisotopic (exact) mass is 582 g/mol. The van der Waals surface area contributed by atoms with Gasteiger partial charge in [-0.05, 0) is 56.4 Å². The van der Waals surface area contributed by atoms with Crippen LogP contribution in [-0.2, 0) is 16.1 Å². The summed E-state index contributed by atoms with van der Waals surface area (Å²) < 4.78 is 21.5. The first-order valence-electron chi connectivity index (χ1n) is 12.5. The fourth-order valence-corrected chi connectivity index (χ4v) is 5.91. The van der Waals surface area contributed by atoms with Crippen LogP contribution in [0.5, 0.6) is 0 Å². The summed E-state index contributed by atoms with van der Waals surface area (Å²) >= 11 is 19.0. The molecule has 1 aromatic carbocycles. The number of hydrogen-bond acceptors (Lipinski definition) is 6. The number of carbonyl (C=O) groups is 1. The summed E-state index contributed by atoms with van der Waals surface area (Å²) in [5.41, 5.74) is 6.69. The van der Waals surface area contributed by atoms with Crippen LogP contribution in [0.2, 0.25) is 15.1 Å². The smallest absolute Gasteiger partial charge is 0.223 e. The van der Waals surface area contributed by atoms with Crippen molar-refractivity contribution in [2.24, 2.45) is 17.1 Å². The highest BCUT2D eigenvalue weighted by Gasteiger charge is 2.36. The minimum atomic E-state index is -1.21. The Bertz CT molecular complexity index is 1320. The summed E-state index contributed by atoms with van der Waals surface area (Å²) in [5.74, 6) is 0.636. The van der Waals surface area contributed by atoms with E-state index in [1.807, 2.05) is 11.5 Å². The lowest BCUT2D eigenvalue weighted by Gasteiger charge is -2.35. The normalized spacial score (nSPS) is 25.9. The van der Waals surface area contributed by atoms with E-state index < -0.39 is 17.6 Å². The van der Waals surface area contributed by atoms with E-state index in [0.29, 0.717) is 70.3 Å². The average molecular weight is 584 g/mol. The predicted octanol–water partition coefficient (Wildman–Crippen LogP) is 6.34. The number of aromatic nitrogens is 4. The molecule has 0 radical (unpaired) electrons. The zero-order valence-electron chi connectivity index (χ0n) is 20.8. The first-order chi connectivity index (χ1) is 18.1. The van der Waals surface area contributed by atoms with E-state index in [1.165, 1.54) is 0 Å². The Balaban J connectivity index is 1.48. The number of ether oxygens (including phenoxy) is 1. The maximum Gasteiger partial charge on any atom is 0.223 e. The van der Waals surface area contributed by atoms with Gasteiger partial charge in [0.05, 0.1) is 33.5 Å². The van der Waals surface area contributed by atoms with Crippen LogP contribution in [0, 0.1) is 11.3 Å². The molecule has 9 nitrogen and oxygen atoms in total. The van der Waals surface area contributed by atoms with Crippen LogP contribution in [0.4, 0.5) is 22.0 Å². The van der Waals surface area contributed by atoms with Crippen molar-refractivity contribution in [3.63, 3.8) is 0 Å². The van der Waals surface area contributed by atoms with Gasteiger partial charge < -0.3 is 35.6 Å². The molecule has 1 saturated carbocycles. The van der Waals surface area contributed by atoms with Crippen molar-refractivity contribution in [1.82, 2.24) is 19.5 Å². The summed E-state index contributed by atoms with van der Waals surface area (Å²) in [6, 6.07) is 2.62. The molecule has 1 aliphatic carbocycles. The summed E-state index contributed by atoms with van der Waals surface area (Å²) in [6.07, 6.45) is 3.86. The Morgan fingerprint density at radius 1 is 1.24 bits per heavy atom. The molecule has 2 atom stereocenters. The van der Waals surface area contributed by atoms with E-state index in [4.69, 9.17) is 50.3 Å². The molecule has 3 N–H and O–H groups in total. The Morgan fingerprint density at radius 3 is 2.61 bits per heavy atom. The molecule has 204 valence electrons.